The lowest BCUT2D eigenvalue weighted by molar-refractivity contribution is 0.0570. The van der Waals surface area contributed by atoms with Crippen LogP contribution in [0.3, 0.4) is 0 Å². The summed E-state index contributed by atoms with van der Waals surface area (Å²) in [7, 11) is 0. The molecule has 0 N–H and O–H groups in total. The van der Waals surface area contributed by atoms with Crippen LogP contribution in [0.1, 0.15) is 65.4 Å². The van der Waals surface area contributed by atoms with Crippen molar-refractivity contribution in [1.82, 2.24) is 4.90 Å². The molecule has 2 unspecified atom stereocenters. The second-order valence-electron chi connectivity index (χ2n) is 6.39. The fourth-order valence-electron chi connectivity index (χ4n) is 3.17. The molecule has 0 saturated carbocycles. The van der Waals surface area contributed by atoms with Gasteiger partial charge in [0, 0.05) is 6.04 Å². The molecule has 0 radical (unpaired) electrons. The van der Waals surface area contributed by atoms with Crippen LogP contribution in [0.2, 0.25) is 0 Å². The van der Waals surface area contributed by atoms with Gasteiger partial charge in [0.15, 0.2) is 5.60 Å². The van der Waals surface area contributed by atoms with E-state index >= 15 is 0 Å². The standard InChI is InChI=1S/C20H29NO2/c1-5-8-14-20(7-3)18(15-17-12-10-9-11-13-17)21(16(4)6-2)19(22)23-20/h9-13,15-16H,5-8,14H2,1-4H3/b18-15+. The minimum Gasteiger partial charge on any atom is -0.436 e. The summed E-state index contributed by atoms with van der Waals surface area (Å²) in [6, 6.07) is 10.4. The highest BCUT2D eigenvalue weighted by atomic mass is 16.6. The molecule has 3 nitrogen and oxygen atoms in total. The van der Waals surface area contributed by atoms with Crippen molar-refractivity contribution in [2.75, 3.05) is 0 Å². The Balaban J connectivity index is 2.49. The van der Waals surface area contributed by atoms with E-state index in [0.29, 0.717) is 0 Å². The largest absolute Gasteiger partial charge is 0.436 e. The van der Waals surface area contributed by atoms with Gasteiger partial charge in [0.1, 0.15) is 0 Å². The maximum Gasteiger partial charge on any atom is 0.415 e. The van der Waals surface area contributed by atoms with E-state index < -0.39 is 5.60 Å². The molecule has 0 aliphatic carbocycles. The Morgan fingerprint density at radius 2 is 1.91 bits per heavy atom. The summed E-state index contributed by atoms with van der Waals surface area (Å²) in [5.41, 5.74) is 1.66. The van der Waals surface area contributed by atoms with Gasteiger partial charge in [-0.15, -0.1) is 0 Å². The first-order valence-corrected chi connectivity index (χ1v) is 8.87. The van der Waals surface area contributed by atoms with Crippen LogP contribution >= 0.6 is 0 Å². The molecule has 23 heavy (non-hydrogen) atoms. The Morgan fingerprint density at radius 1 is 1.22 bits per heavy atom. The van der Waals surface area contributed by atoms with E-state index in [-0.39, 0.29) is 12.1 Å². The third-order valence-corrected chi connectivity index (χ3v) is 4.85. The molecule has 1 aliphatic heterocycles. The number of amides is 1. The van der Waals surface area contributed by atoms with Crippen molar-refractivity contribution in [3.05, 3.63) is 41.6 Å². The van der Waals surface area contributed by atoms with Gasteiger partial charge in [-0.25, -0.2) is 4.79 Å². The first-order valence-electron chi connectivity index (χ1n) is 8.87. The number of cyclic esters (lactones) is 1. The molecule has 0 aromatic heterocycles. The van der Waals surface area contributed by atoms with Gasteiger partial charge in [-0.05, 0) is 44.2 Å². The maximum atomic E-state index is 12.6. The number of hydrogen-bond acceptors (Lipinski definition) is 2. The molecule has 1 fully saturated rings. The van der Waals surface area contributed by atoms with Crippen LogP contribution in [-0.4, -0.2) is 22.6 Å². The molecule has 126 valence electrons. The monoisotopic (exact) mass is 315 g/mol. The smallest absolute Gasteiger partial charge is 0.415 e. The first-order chi connectivity index (χ1) is 11.1. The molecule has 2 atom stereocenters. The second kappa shape index (κ2) is 7.67. The third-order valence-electron chi connectivity index (χ3n) is 4.85. The van der Waals surface area contributed by atoms with E-state index in [2.05, 4.69) is 45.9 Å². The van der Waals surface area contributed by atoms with Crippen molar-refractivity contribution >= 4 is 12.2 Å². The molecule has 2 rings (SSSR count). The summed E-state index contributed by atoms with van der Waals surface area (Å²) in [6.45, 7) is 8.48. The zero-order valence-electron chi connectivity index (χ0n) is 14.8. The number of unbranched alkanes of at least 4 members (excludes halogenated alkanes) is 1. The number of hydrogen-bond donors (Lipinski definition) is 0. The summed E-state index contributed by atoms with van der Waals surface area (Å²) < 4.78 is 5.94. The van der Waals surface area contributed by atoms with Crippen molar-refractivity contribution in [3.8, 4) is 0 Å². The normalized spacial score (nSPS) is 24.1. The molecule has 1 heterocycles. The highest BCUT2D eigenvalue weighted by molar-refractivity contribution is 5.78. The zero-order valence-corrected chi connectivity index (χ0v) is 14.8. The van der Waals surface area contributed by atoms with E-state index in [9.17, 15) is 4.79 Å². The molecule has 1 aromatic carbocycles. The molecule has 1 aromatic rings. The van der Waals surface area contributed by atoms with E-state index in [4.69, 9.17) is 4.74 Å². The van der Waals surface area contributed by atoms with E-state index in [1.54, 1.807) is 0 Å². The van der Waals surface area contributed by atoms with Gasteiger partial charge in [0.25, 0.3) is 0 Å². The lowest BCUT2D eigenvalue weighted by Crippen LogP contribution is -2.35. The Morgan fingerprint density at radius 3 is 2.48 bits per heavy atom. The molecule has 3 heteroatoms. The van der Waals surface area contributed by atoms with Gasteiger partial charge in [-0.3, -0.25) is 4.90 Å². The average Bonchev–Trinajstić information content (AvgIpc) is 2.85. The molecule has 1 aliphatic rings. The number of carbonyl (C=O) groups excluding carboxylic acids is 1. The van der Waals surface area contributed by atoms with Crippen LogP contribution in [0.5, 0.6) is 0 Å². The molecule has 0 bridgehead atoms. The van der Waals surface area contributed by atoms with Gasteiger partial charge in [0.2, 0.25) is 0 Å². The fourth-order valence-corrected chi connectivity index (χ4v) is 3.17. The van der Waals surface area contributed by atoms with Gasteiger partial charge in [0.05, 0.1) is 5.70 Å². The molecular formula is C20H29NO2. The van der Waals surface area contributed by atoms with Crippen molar-refractivity contribution < 1.29 is 9.53 Å². The Bertz CT molecular complexity index is 552. The summed E-state index contributed by atoms with van der Waals surface area (Å²) in [5, 5.41) is 0. The van der Waals surface area contributed by atoms with Crippen molar-refractivity contribution in [2.24, 2.45) is 0 Å². The van der Waals surface area contributed by atoms with Crippen LogP contribution in [-0.2, 0) is 4.74 Å². The fraction of sp³-hybridized carbons (Fsp3) is 0.550. The summed E-state index contributed by atoms with van der Waals surface area (Å²) in [5.74, 6) is 0. The Labute approximate surface area is 140 Å². The SMILES string of the molecule is CCCCC1(CC)OC(=O)N(C(C)CC)/C1=C/c1ccccc1. The summed E-state index contributed by atoms with van der Waals surface area (Å²) in [4.78, 5) is 14.4. The molecule has 1 saturated heterocycles. The summed E-state index contributed by atoms with van der Waals surface area (Å²) >= 11 is 0. The quantitative estimate of drug-likeness (QED) is 0.654. The topological polar surface area (TPSA) is 29.5 Å². The summed E-state index contributed by atoms with van der Waals surface area (Å²) in [6.07, 6.45) is 6.70. The van der Waals surface area contributed by atoms with Gasteiger partial charge >= 0.3 is 6.09 Å². The molecule has 1 amide bonds. The highest BCUT2D eigenvalue weighted by Crippen LogP contribution is 2.42. The van der Waals surface area contributed by atoms with Crippen LogP contribution in [0.25, 0.3) is 6.08 Å². The second-order valence-corrected chi connectivity index (χ2v) is 6.39. The lowest BCUT2D eigenvalue weighted by atomic mass is 9.88. The average molecular weight is 315 g/mol. The number of nitrogens with zero attached hydrogens (tertiary/aromatic N) is 1. The van der Waals surface area contributed by atoms with Crippen molar-refractivity contribution in [3.63, 3.8) is 0 Å². The van der Waals surface area contributed by atoms with Gasteiger partial charge in [-0.2, -0.15) is 0 Å². The number of benzene rings is 1. The lowest BCUT2D eigenvalue weighted by Gasteiger charge is -2.30. The number of rotatable bonds is 7. The Hall–Kier alpha value is -1.77. The van der Waals surface area contributed by atoms with Gasteiger partial charge in [-0.1, -0.05) is 57.5 Å². The van der Waals surface area contributed by atoms with Crippen LogP contribution in [0.4, 0.5) is 4.79 Å². The van der Waals surface area contributed by atoms with Crippen LogP contribution in [0.15, 0.2) is 36.0 Å². The number of carbonyl (C=O) groups is 1. The van der Waals surface area contributed by atoms with Crippen molar-refractivity contribution in [2.45, 2.75) is 71.4 Å². The van der Waals surface area contributed by atoms with Crippen molar-refractivity contribution in [1.29, 1.82) is 0 Å². The predicted molar refractivity (Wildman–Crippen MR) is 95.0 cm³/mol. The minimum absolute atomic E-state index is 0.146. The maximum absolute atomic E-state index is 12.6. The minimum atomic E-state index is -0.480. The van der Waals surface area contributed by atoms with E-state index in [0.717, 1.165) is 43.4 Å². The number of ether oxygens (including phenoxy) is 1. The predicted octanol–water partition coefficient (Wildman–Crippen LogP) is 5.62. The third kappa shape index (κ3) is 3.60. The first kappa shape index (κ1) is 17.6. The molecule has 0 spiro atoms. The zero-order chi connectivity index (χ0) is 16.9. The van der Waals surface area contributed by atoms with Crippen LogP contribution < -0.4 is 0 Å². The van der Waals surface area contributed by atoms with E-state index in [1.165, 1.54) is 0 Å². The van der Waals surface area contributed by atoms with Gasteiger partial charge < -0.3 is 4.74 Å². The van der Waals surface area contributed by atoms with E-state index in [1.807, 2.05) is 23.1 Å². The highest BCUT2D eigenvalue weighted by Gasteiger charge is 2.49. The molecular weight excluding hydrogens is 286 g/mol. The Kier molecular flexibility index (Phi) is 5.86. The van der Waals surface area contributed by atoms with Crippen LogP contribution in [0, 0.1) is 0 Å².